The number of rotatable bonds is 5. The second-order valence-corrected chi connectivity index (χ2v) is 6.71. The van der Waals surface area contributed by atoms with Crippen molar-refractivity contribution in [3.8, 4) is 0 Å². The van der Waals surface area contributed by atoms with Crippen LogP contribution in [0.2, 0.25) is 0 Å². The quantitative estimate of drug-likeness (QED) is 0.412. The lowest BCUT2D eigenvalue weighted by Crippen LogP contribution is -2.25. The van der Waals surface area contributed by atoms with Crippen molar-refractivity contribution in [1.82, 2.24) is 14.5 Å². The fourth-order valence-electron chi connectivity index (χ4n) is 3.57. The number of benzene rings is 1. The molecule has 0 amide bonds. The first kappa shape index (κ1) is 18.7. The Bertz CT molecular complexity index is 1330. The lowest BCUT2D eigenvalue weighted by molar-refractivity contribution is 0.0526. The monoisotopic (exact) mass is 393 g/mol. The zero-order valence-corrected chi connectivity index (χ0v) is 16.2. The molecule has 148 valence electrons. The van der Waals surface area contributed by atoms with Crippen molar-refractivity contribution in [3.05, 3.63) is 63.5 Å². The molecule has 0 bridgehead atoms. The van der Waals surface area contributed by atoms with Crippen LogP contribution in [0.5, 0.6) is 0 Å². The molecular weight excluding hydrogens is 374 g/mol. The van der Waals surface area contributed by atoms with Gasteiger partial charge in [-0.3, -0.25) is 14.2 Å². The zero-order chi connectivity index (χ0) is 20.7. The van der Waals surface area contributed by atoms with Crippen molar-refractivity contribution < 1.29 is 18.7 Å². The van der Waals surface area contributed by atoms with Gasteiger partial charge in [0.25, 0.3) is 5.56 Å². The summed E-state index contributed by atoms with van der Waals surface area (Å²) in [6.07, 6.45) is 1.25. The Kier molecular flexibility index (Phi) is 4.54. The molecule has 0 fully saturated rings. The van der Waals surface area contributed by atoms with E-state index in [4.69, 9.17) is 9.15 Å². The number of carbonyl (C=O) groups is 2. The van der Waals surface area contributed by atoms with Crippen LogP contribution in [0.25, 0.3) is 22.0 Å². The van der Waals surface area contributed by atoms with Crippen molar-refractivity contribution >= 4 is 33.8 Å². The van der Waals surface area contributed by atoms with E-state index in [9.17, 15) is 14.4 Å². The maximum Gasteiger partial charge on any atom is 0.342 e. The number of nitrogens with zero attached hydrogens (tertiary/aromatic N) is 2. The molecule has 4 aromatic rings. The van der Waals surface area contributed by atoms with Crippen LogP contribution >= 0.6 is 0 Å². The minimum absolute atomic E-state index is 0.0203. The number of hydrogen-bond donors (Lipinski definition) is 1. The molecule has 8 heteroatoms. The number of H-pyrrole nitrogens is 1. The highest BCUT2D eigenvalue weighted by atomic mass is 16.5. The molecule has 0 aliphatic rings. The summed E-state index contributed by atoms with van der Waals surface area (Å²) in [7, 11) is 0. The molecule has 1 aromatic carbocycles. The second-order valence-electron chi connectivity index (χ2n) is 6.71. The Hall–Kier alpha value is -3.68. The Morgan fingerprint density at radius 3 is 2.72 bits per heavy atom. The fraction of sp³-hybridized carbons (Fsp3) is 0.238. The third kappa shape index (κ3) is 3.02. The standard InChI is InChI=1S/C21H19N3O5/c1-4-28-21(27)17-12(3)29-19-18(17)20(26)24(10-22-19)9-15(25)16-11(2)23-14-8-6-5-7-13(14)16/h5-8,10,23H,4,9H2,1-3H3. The molecule has 0 aliphatic heterocycles. The molecule has 3 aromatic heterocycles. The lowest BCUT2D eigenvalue weighted by Gasteiger charge is -2.06. The van der Waals surface area contributed by atoms with E-state index >= 15 is 0 Å². The number of ketones is 1. The third-order valence-electron chi connectivity index (χ3n) is 4.82. The lowest BCUT2D eigenvalue weighted by atomic mass is 10.1. The summed E-state index contributed by atoms with van der Waals surface area (Å²) in [6.45, 7) is 5.01. The summed E-state index contributed by atoms with van der Waals surface area (Å²) in [4.78, 5) is 45.6. The van der Waals surface area contributed by atoms with Crippen LogP contribution in [0.4, 0.5) is 0 Å². The number of fused-ring (bicyclic) bond motifs is 2. The third-order valence-corrected chi connectivity index (χ3v) is 4.82. The van der Waals surface area contributed by atoms with E-state index in [1.54, 1.807) is 13.8 Å². The molecule has 0 saturated heterocycles. The van der Waals surface area contributed by atoms with Gasteiger partial charge in [0.1, 0.15) is 23.0 Å². The summed E-state index contributed by atoms with van der Waals surface area (Å²) >= 11 is 0. The van der Waals surface area contributed by atoms with E-state index in [1.165, 1.54) is 10.9 Å². The average molecular weight is 393 g/mol. The molecule has 0 spiro atoms. The predicted octanol–water partition coefficient (Wildman–Crippen LogP) is 3.15. The number of aromatic nitrogens is 3. The number of aryl methyl sites for hydroxylation is 2. The Labute approximate surface area is 165 Å². The smallest absolute Gasteiger partial charge is 0.342 e. The summed E-state index contributed by atoms with van der Waals surface area (Å²) in [5, 5.41) is 0.815. The molecular formula is C21H19N3O5. The average Bonchev–Trinajstić information content (AvgIpc) is 3.20. The summed E-state index contributed by atoms with van der Waals surface area (Å²) in [6, 6.07) is 7.48. The molecule has 0 atom stereocenters. The number of ether oxygens (including phenoxy) is 1. The number of hydrogen-bond acceptors (Lipinski definition) is 6. The largest absolute Gasteiger partial charge is 0.462 e. The summed E-state index contributed by atoms with van der Waals surface area (Å²) in [5.41, 5.74) is 1.67. The van der Waals surface area contributed by atoms with E-state index in [1.807, 2.05) is 31.2 Å². The van der Waals surface area contributed by atoms with Crippen LogP contribution in [0.3, 0.4) is 0 Å². The minimum Gasteiger partial charge on any atom is -0.462 e. The van der Waals surface area contributed by atoms with Gasteiger partial charge in [0.2, 0.25) is 5.71 Å². The van der Waals surface area contributed by atoms with Gasteiger partial charge in [-0.25, -0.2) is 9.78 Å². The van der Waals surface area contributed by atoms with Crippen LogP contribution in [0, 0.1) is 13.8 Å². The van der Waals surface area contributed by atoms with Gasteiger partial charge in [-0.05, 0) is 26.8 Å². The summed E-state index contributed by atoms with van der Waals surface area (Å²) < 4.78 is 11.7. The maximum atomic E-state index is 13.0. The van der Waals surface area contributed by atoms with Crippen LogP contribution in [0.1, 0.15) is 39.1 Å². The maximum absolute atomic E-state index is 13.0. The summed E-state index contributed by atoms with van der Waals surface area (Å²) in [5.74, 6) is -0.639. The first-order valence-corrected chi connectivity index (χ1v) is 9.18. The molecule has 8 nitrogen and oxygen atoms in total. The fourth-order valence-corrected chi connectivity index (χ4v) is 3.57. The molecule has 3 heterocycles. The van der Waals surface area contributed by atoms with Crippen LogP contribution in [0.15, 0.2) is 39.8 Å². The first-order valence-electron chi connectivity index (χ1n) is 9.18. The van der Waals surface area contributed by atoms with Gasteiger partial charge in [0, 0.05) is 22.2 Å². The van der Waals surface area contributed by atoms with Gasteiger partial charge in [0.15, 0.2) is 5.78 Å². The topological polar surface area (TPSA) is 107 Å². The van der Waals surface area contributed by atoms with Crippen LogP contribution in [-0.2, 0) is 11.3 Å². The molecule has 0 saturated carbocycles. The Morgan fingerprint density at radius 2 is 1.97 bits per heavy atom. The Balaban J connectivity index is 1.79. The number of nitrogens with one attached hydrogen (secondary N) is 1. The highest BCUT2D eigenvalue weighted by Gasteiger charge is 2.25. The van der Waals surface area contributed by atoms with Gasteiger partial charge in [0.05, 0.1) is 13.2 Å². The first-order chi connectivity index (χ1) is 13.9. The predicted molar refractivity (Wildman–Crippen MR) is 106 cm³/mol. The van der Waals surface area contributed by atoms with Crippen LogP contribution in [-0.4, -0.2) is 32.9 Å². The minimum atomic E-state index is -0.654. The van der Waals surface area contributed by atoms with E-state index in [0.29, 0.717) is 5.56 Å². The number of esters is 1. The molecule has 1 N–H and O–H groups in total. The molecule has 4 rings (SSSR count). The zero-order valence-electron chi connectivity index (χ0n) is 16.2. The van der Waals surface area contributed by atoms with Crippen molar-refractivity contribution in [1.29, 1.82) is 0 Å². The number of carbonyl (C=O) groups excluding carboxylic acids is 2. The van der Waals surface area contributed by atoms with Gasteiger partial charge in [-0.1, -0.05) is 18.2 Å². The van der Waals surface area contributed by atoms with Gasteiger partial charge in [-0.2, -0.15) is 0 Å². The van der Waals surface area contributed by atoms with E-state index in [-0.39, 0.29) is 41.4 Å². The SMILES string of the molecule is CCOC(=O)c1c(C)oc2ncn(CC(=O)c3c(C)[nH]c4ccccc34)c(=O)c12. The van der Waals surface area contributed by atoms with Gasteiger partial charge in [-0.15, -0.1) is 0 Å². The van der Waals surface area contributed by atoms with E-state index < -0.39 is 11.5 Å². The van der Waals surface area contributed by atoms with Crippen molar-refractivity contribution in [2.24, 2.45) is 0 Å². The number of furan rings is 1. The normalized spacial score (nSPS) is 11.3. The van der Waals surface area contributed by atoms with E-state index in [0.717, 1.165) is 16.6 Å². The Morgan fingerprint density at radius 1 is 1.21 bits per heavy atom. The van der Waals surface area contributed by atoms with Crippen molar-refractivity contribution in [2.75, 3.05) is 6.61 Å². The van der Waals surface area contributed by atoms with E-state index in [2.05, 4.69) is 9.97 Å². The van der Waals surface area contributed by atoms with Crippen molar-refractivity contribution in [3.63, 3.8) is 0 Å². The number of aromatic amines is 1. The van der Waals surface area contributed by atoms with Gasteiger partial charge < -0.3 is 14.1 Å². The highest BCUT2D eigenvalue weighted by molar-refractivity contribution is 6.09. The van der Waals surface area contributed by atoms with Gasteiger partial charge >= 0.3 is 5.97 Å². The molecule has 0 aliphatic carbocycles. The molecule has 29 heavy (non-hydrogen) atoms. The highest BCUT2D eigenvalue weighted by Crippen LogP contribution is 2.24. The second kappa shape index (κ2) is 7.05. The van der Waals surface area contributed by atoms with Crippen molar-refractivity contribution in [2.45, 2.75) is 27.3 Å². The molecule has 0 unspecified atom stereocenters. The number of para-hydroxylation sites is 1. The van der Waals surface area contributed by atoms with Crippen LogP contribution < -0.4 is 5.56 Å². The molecule has 0 radical (unpaired) electrons. The number of Topliss-reactive ketones (excluding diaryl/α,β-unsaturated/α-hetero) is 1.